The summed E-state index contributed by atoms with van der Waals surface area (Å²) in [6, 6.07) is 73.8. The zero-order valence-corrected chi connectivity index (χ0v) is 36.9. The lowest BCUT2D eigenvalue weighted by molar-refractivity contribution is 0.954. The number of para-hydroxylation sites is 1. The normalized spacial score (nSPS) is 11.6. The molecule has 0 aliphatic carbocycles. The number of benzene rings is 10. The fourth-order valence-electron chi connectivity index (χ4n) is 9.54. The molecule has 10 aromatic carbocycles. The van der Waals surface area contributed by atoms with Gasteiger partial charge >= 0.3 is 0 Å². The Bertz CT molecular complexity index is 3940. The molecule has 0 radical (unpaired) electrons. The number of hydrogen-bond acceptors (Lipinski definition) is 4. The maximum Gasteiger partial charge on any atom is 0.238 e. The monoisotopic (exact) mass is 850 g/mol. The van der Waals surface area contributed by atoms with Crippen LogP contribution in [0.2, 0.25) is 0 Å². The third kappa shape index (κ3) is 6.54. The molecule has 0 bridgehead atoms. The van der Waals surface area contributed by atoms with E-state index in [-0.39, 0.29) is 0 Å². The maximum atomic E-state index is 5.43. The number of hydrogen-bond donors (Lipinski definition) is 0. The summed E-state index contributed by atoms with van der Waals surface area (Å²) in [4.78, 5) is 16.1. The van der Waals surface area contributed by atoms with Gasteiger partial charge in [0.25, 0.3) is 0 Å². The molecule has 0 amide bonds. The van der Waals surface area contributed by atoms with E-state index in [0.29, 0.717) is 17.6 Å². The quantitative estimate of drug-likeness (QED) is 0.173. The van der Waals surface area contributed by atoms with Crippen molar-refractivity contribution in [2.75, 3.05) is 0 Å². The van der Waals surface area contributed by atoms with Gasteiger partial charge in [-0.1, -0.05) is 208 Å². The molecule has 0 N–H and O–H groups in total. The van der Waals surface area contributed by atoms with E-state index in [9.17, 15) is 0 Å². The highest BCUT2D eigenvalue weighted by molar-refractivity contribution is 7.26. The fourth-order valence-corrected chi connectivity index (χ4v) is 10.8. The van der Waals surface area contributed by atoms with Crippen LogP contribution in [0, 0.1) is 0 Å². The SMILES string of the molecule is CCC.c1ccc(-c2ccc(-c3nc(-c4ccc5ccccc5c4)nc(-n4c5ccc6ccccc6c5c5cccc(-c6cccc7c6sc6ccc8ccccc8c67)c54)n3)cc2)cc1. The first-order chi connectivity index (χ1) is 32.1. The van der Waals surface area contributed by atoms with Gasteiger partial charge in [0.1, 0.15) is 0 Å². The average molecular weight is 851 g/mol. The number of aromatic nitrogens is 4. The van der Waals surface area contributed by atoms with Crippen LogP contribution in [0.1, 0.15) is 20.3 Å². The Kier molecular flexibility index (Phi) is 9.50. The van der Waals surface area contributed by atoms with Gasteiger partial charge in [-0.05, 0) is 61.6 Å². The summed E-state index contributed by atoms with van der Waals surface area (Å²) in [7, 11) is 0. The van der Waals surface area contributed by atoms with Crippen LogP contribution >= 0.6 is 11.3 Å². The predicted molar refractivity (Wildman–Crippen MR) is 277 cm³/mol. The Morgan fingerprint density at radius 2 is 0.938 bits per heavy atom. The molecule has 0 saturated heterocycles. The molecule has 3 heterocycles. The van der Waals surface area contributed by atoms with Crippen molar-refractivity contribution >= 4 is 85.6 Å². The van der Waals surface area contributed by atoms with E-state index in [4.69, 9.17) is 15.0 Å². The molecule has 0 aliphatic rings. The number of fused-ring (bicyclic) bond motifs is 11. The van der Waals surface area contributed by atoms with Gasteiger partial charge in [0, 0.05) is 53.2 Å². The van der Waals surface area contributed by atoms with E-state index >= 15 is 0 Å². The van der Waals surface area contributed by atoms with Crippen LogP contribution in [0.3, 0.4) is 0 Å². The topological polar surface area (TPSA) is 43.6 Å². The number of nitrogens with zero attached hydrogens (tertiary/aromatic N) is 4. The second kappa shape index (κ2) is 16.0. The zero-order chi connectivity index (χ0) is 43.4. The molecule has 0 spiro atoms. The summed E-state index contributed by atoms with van der Waals surface area (Å²) in [6.07, 6.45) is 1.25. The minimum absolute atomic E-state index is 0.572. The van der Waals surface area contributed by atoms with Crippen LogP contribution in [0.4, 0.5) is 0 Å². The standard InChI is InChI=1S/C57H34N4S.C3H8/c1-2-12-35(13-3-1)37-24-27-40(28-25-37)55-58-56(42-29-26-36-14-4-5-17-41(36)34-42)60-57(59-55)61-49-32-30-38-15-6-8-18-43(38)51(49)47-22-10-20-45(53(47)61)46-21-11-23-48-52-44-19-9-7-16-39(44)31-33-50(52)62-54(46)48;1-3-2/h1-34H;3H2,1-2H3. The summed E-state index contributed by atoms with van der Waals surface area (Å²) >= 11 is 1.87. The second-order valence-corrected chi connectivity index (χ2v) is 17.7. The fraction of sp³-hybridized carbons (Fsp3) is 0.0500. The number of rotatable bonds is 5. The molecule has 0 unspecified atom stereocenters. The number of thiophene rings is 1. The first-order valence-electron chi connectivity index (χ1n) is 22.3. The first-order valence-corrected chi connectivity index (χ1v) is 23.2. The van der Waals surface area contributed by atoms with Gasteiger partial charge in [0.2, 0.25) is 5.95 Å². The largest absolute Gasteiger partial charge is 0.277 e. The van der Waals surface area contributed by atoms with E-state index < -0.39 is 0 Å². The van der Waals surface area contributed by atoms with Crippen molar-refractivity contribution < 1.29 is 0 Å². The van der Waals surface area contributed by atoms with Gasteiger partial charge in [-0.25, -0.2) is 4.98 Å². The molecule has 65 heavy (non-hydrogen) atoms. The third-order valence-electron chi connectivity index (χ3n) is 12.4. The van der Waals surface area contributed by atoms with Crippen LogP contribution < -0.4 is 0 Å². The molecule has 0 fully saturated rings. The highest BCUT2D eigenvalue weighted by atomic mass is 32.1. The van der Waals surface area contributed by atoms with Crippen LogP contribution in [0.15, 0.2) is 206 Å². The van der Waals surface area contributed by atoms with Crippen molar-refractivity contribution in [3.05, 3.63) is 206 Å². The van der Waals surface area contributed by atoms with Crippen LogP contribution in [-0.2, 0) is 0 Å². The molecule has 13 rings (SSSR count). The molecular weight excluding hydrogens is 809 g/mol. The van der Waals surface area contributed by atoms with Gasteiger partial charge in [-0.2, -0.15) is 9.97 Å². The van der Waals surface area contributed by atoms with Crippen LogP contribution in [0.5, 0.6) is 0 Å². The molecule has 3 aromatic heterocycles. The van der Waals surface area contributed by atoms with Crippen molar-refractivity contribution in [2.45, 2.75) is 20.3 Å². The summed E-state index contributed by atoms with van der Waals surface area (Å²) in [5.41, 5.74) is 8.58. The summed E-state index contributed by atoms with van der Waals surface area (Å²) in [5.74, 6) is 1.81. The van der Waals surface area contributed by atoms with Crippen molar-refractivity contribution in [1.29, 1.82) is 0 Å². The van der Waals surface area contributed by atoms with Gasteiger partial charge in [-0.15, -0.1) is 11.3 Å². The van der Waals surface area contributed by atoms with Crippen molar-refractivity contribution in [1.82, 2.24) is 19.5 Å². The summed E-state index contributed by atoms with van der Waals surface area (Å²) in [5, 5.41) is 12.1. The minimum Gasteiger partial charge on any atom is -0.277 e. The lowest BCUT2D eigenvalue weighted by Gasteiger charge is -2.14. The first kappa shape index (κ1) is 38.7. The van der Waals surface area contributed by atoms with E-state index in [0.717, 1.165) is 44.1 Å². The second-order valence-electron chi connectivity index (χ2n) is 16.7. The Morgan fingerprint density at radius 3 is 1.69 bits per heavy atom. The molecule has 13 aromatic rings. The molecule has 0 aliphatic heterocycles. The van der Waals surface area contributed by atoms with Crippen LogP contribution in [-0.4, -0.2) is 19.5 Å². The lowest BCUT2D eigenvalue weighted by Crippen LogP contribution is -2.07. The van der Waals surface area contributed by atoms with Crippen molar-refractivity contribution in [3.63, 3.8) is 0 Å². The molecular formula is C60H42N4S. The highest BCUT2D eigenvalue weighted by Crippen LogP contribution is 2.46. The van der Waals surface area contributed by atoms with Crippen molar-refractivity contribution in [3.8, 4) is 51.0 Å². The minimum atomic E-state index is 0.572. The van der Waals surface area contributed by atoms with Crippen LogP contribution in [0.25, 0.3) is 125 Å². The Hall–Kier alpha value is -7.99. The van der Waals surface area contributed by atoms with E-state index in [2.05, 4.69) is 219 Å². The van der Waals surface area contributed by atoms with Gasteiger partial charge in [0.05, 0.1) is 11.0 Å². The molecule has 0 saturated carbocycles. The highest BCUT2D eigenvalue weighted by Gasteiger charge is 2.23. The van der Waals surface area contributed by atoms with Gasteiger partial charge < -0.3 is 0 Å². The molecule has 308 valence electrons. The Labute approximate surface area is 380 Å². The van der Waals surface area contributed by atoms with E-state index in [1.165, 1.54) is 70.0 Å². The third-order valence-corrected chi connectivity index (χ3v) is 13.6. The molecule has 4 nitrogen and oxygen atoms in total. The summed E-state index contributed by atoms with van der Waals surface area (Å²) < 4.78 is 4.84. The molecule has 5 heteroatoms. The Balaban J connectivity index is 0.00000144. The van der Waals surface area contributed by atoms with Gasteiger partial charge in [0.15, 0.2) is 11.6 Å². The maximum absolute atomic E-state index is 5.43. The predicted octanol–water partition coefficient (Wildman–Crippen LogP) is 16.9. The van der Waals surface area contributed by atoms with E-state index in [1.807, 2.05) is 17.4 Å². The smallest absolute Gasteiger partial charge is 0.238 e. The average Bonchev–Trinajstić information content (AvgIpc) is 3.94. The summed E-state index contributed by atoms with van der Waals surface area (Å²) in [6.45, 7) is 4.25. The van der Waals surface area contributed by atoms with Gasteiger partial charge in [-0.3, -0.25) is 4.57 Å². The zero-order valence-electron chi connectivity index (χ0n) is 36.0. The molecule has 0 atom stereocenters. The Morgan fingerprint density at radius 1 is 0.400 bits per heavy atom. The van der Waals surface area contributed by atoms with Crippen molar-refractivity contribution in [2.24, 2.45) is 0 Å². The van der Waals surface area contributed by atoms with E-state index in [1.54, 1.807) is 0 Å². The lowest BCUT2D eigenvalue weighted by atomic mass is 9.97.